The van der Waals surface area contributed by atoms with Crippen LogP contribution in [0, 0.1) is 0 Å². The maximum Gasteiger partial charge on any atom is 0.416 e. The lowest BCUT2D eigenvalue weighted by molar-refractivity contribution is -0.137. The molecule has 0 aromatic heterocycles. The van der Waals surface area contributed by atoms with Gasteiger partial charge in [-0.3, -0.25) is 4.72 Å². The van der Waals surface area contributed by atoms with Crippen molar-refractivity contribution >= 4 is 39.0 Å². The average Bonchev–Trinajstić information content (AvgIpc) is 2.99. The lowest BCUT2D eigenvalue weighted by Gasteiger charge is -2.20. The number of carbonyl (C=O) groups excluding carboxylic acids is 1. The molecule has 2 amide bonds. The van der Waals surface area contributed by atoms with Crippen LogP contribution in [0.15, 0.2) is 47.4 Å². The number of urea groups is 1. The Morgan fingerprint density at radius 1 is 0.968 bits per heavy atom. The molecule has 1 fully saturated rings. The Morgan fingerprint density at radius 3 is 2.16 bits per heavy atom. The number of amides is 2. The third-order valence-corrected chi connectivity index (χ3v) is 6.56. The van der Waals surface area contributed by atoms with E-state index in [9.17, 15) is 26.4 Å². The zero-order valence-corrected chi connectivity index (χ0v) is 17.9. The maximum atomic E-state index is 12.9. The SMILES string of the molecule is O=C(Nc1ccc(S(=O)(=O)Nc2cc(C(F)(F)F)ccc2Cl)cc1)N1CCCCCC1. The Balaban J connectivity index is 1.72. The highest BCUT2D eigenvalue weighted by Gasteiger charge is 2.31. The fraction of sp³-hybridized carbons (Fsp3) is 0.350. The maximum absolute atomic E-state index is 12.9. The van der Waals surface area contributed by atoms with Crippen molar-refractivity contribution in [2.75, 3.05) is 23.1 Å². The molecule has 1 aliphatic rings. The molecule has 0 atom stereocenters. The van der Waals surface area contributed by atoms with Crippen LogP contribution in [-0.4, -0.2) is 32.4 Å². The molecule has 0 bridgehead atoms. The Kier molecular flexibility index (Phi) is 7.00. The van der Waals surface area contributed by atoms with Gasteiger partial charge < -0.3 is 10.2 Å². The lowest BCUT2D eigenvalue weighted by Crippen LogP contribution is -2.35. The molecular weight excluding hydrogens is 455 g/mol. The first-order valence-electron chi connectivity index (χ1n) is 9.62. The average molecular weight is 476 g/mol. The molecule has 2 aromatic rings. The number of likely N-dealkylation sites (tertiary alicyclic amines) is 1. The first-order valence-corrected chi connectivity index (χ1v) is 11.5. The molecule has 11 heteroatoms. The summed E-state index contributed by atoms with van der Waals surface area (Å²) in [4.78, 5) is 13.9. The van der Waals surface area contributed by atoms with E-state index in [0.29, 0.717) is 24.8 Å². The van der Waals surface area contributed by atoms with E-state index in [1.54, 1.807) is 4.90 Å². The van der Waals surface area contributed by atoms with Gasteiger partial charge in [0.15, 0.2) is 0 Å². The highest BCUT2D eigenvalue weighted by molar-refractivity contribution is 7.92. The predicted molar refractivity (Wildman–Crippen MR) is 113 cm³/mol. The third-order valence-electron chi connectivity index (χ3n) is 4.85. The molecule has 0 radical (unpaired) electrons. The van der Waals surface area contributed by atoms with E-state index in [0.717, 1.165) is 37.8 Å². The van der Waals surface area contributed by atoms with E-state index in [1.165, 1.54) is 24.3 Å². The molecular formula is C20H21ClF3N3O3S. The largest absolute Gasteiger partial charge is 0.416 e. The summed E-state index contributed by atoms with van der Waals surface area (Å²) in [6.07, 6.45) is -0.598. The smallest absolute Gasteiger partial charge is 0.325 e. The van der Waals surface area contributed by atoms with Gasteiger partial charge in [-0.25, -0.2) is 13.2 Å². The second-order valence-corrected chi connectivity index (χ2v) is 9.24. The first kappa shape index (κ1) is 23.2. The van der Waals surface area contributed by atoms with Gasteiger partial charge in [-0.1, -0.05) is 24.4 Å². The second-order valence-electron chi connectivity index (χ2n) is 7.15. The van der Waals surface area contributed by atoms with Crippen LogP contribution in [0.25, 0.3) is 0 Å². The van der Waals surface area contributed by atoms with Crippen molar-refractivity contribution < 1.29 is 26.4 Å². The van der Waals surface area contributed by atoms with Gasteiger partial charge in [0, 0.05) is 18.8 Å². The first-order chi connectivity index (χ1) is 14.6. The molecule has 1 heterocycles. The third kappa shape index (κ3) is 6.04. The number of sulfonamides is 1. The summed E-state index contributed by atoms with van der Waals surface area (Å²) < 4.78 is 66.0. The zero-order valence-electron chi connectivity index (χ0n) is 16.4. The fourth-order valence-electron chi connectivity index (χ4n) is 3.18. The summed E-state index contributed by atoms with van der Waals surface area (Å²) >= 11 is 5.86. The minimum Gasteiger partial charge on any atom is -0.325 e. The van der Waals surface area contributed by atoms with Crippen LogP contribution in [0.2, 0.25) is 5.02 Å². The van der Waals surface area contributed by atoms with Crippen molar-refractivity contribution in [2.24, 2.45) is 0 Å². The van der Waals surface area contributed by atoms with E-state index in [1.807, 2.05) is 0 Å². The fourth-order valence-corrected chi connectivity index (χ4v) is 4.47. The molecule has 3 rings (SSSR count). The molecule has 6 nitrogen and oxygen atoms in total. The van der Waals surface area contributed by atoms with Gasteiger partial charge in [0.1, 0.15) is 0 Å². The van der Waals surface area contributed by atoms with Gasteiger partial charge in [0.05, 0.1) is 21.2 Å². The quantitative estimate of drug-likeness (QED) is 0.607. The van der Waals surface area contributed by atoms with Crippen molar-refractivity contribution in [1.82, 2.24) is 4.90 Å². The Bertz CT molecular complexity index is 1040. The topological polar surface area (TPSA) is 78.5 Å². The Hall–Kier alpha value is -2.46. The molecule has 0 unspecified atom stereocenters. The van der Waals surface area contributed by atoms with E-state index < -0.39 is 21.8 Å². The van der Waals surface area contributed by atoms with Crippen LogP contribution in [0.4, 0.5) is 29.3 Å². The minimum absolute atomic E-state index is 0.169. The molecule has 31 heavy (non-hydrogen) atoms. The van der Waals surface area contributed by atoms with Crippen molar-refractivity contribution in [3.63, 3.8) is 0 Å². The number of hydrogen-bond donors (Lipinski definition) is 2. The highest BCUT2D eigenvalue weighted by atomic mass is 35.5. The summed E-state index contributed by atoms with van der Waals surface area (Å²) in [7, 11) is -4.19. The molecule has 0 aliphatic carbocycles. The molecule has 2 N–H and O–H groups in total. The van der Waals surface area contributed by atoms with Crippen molar-refractivity contribution in [3.8, 4) is 0 Å². The molecule has 1 saturated heterocycles. The number of nitrogens with one attached hydrogen (secondary N) is 2. The normalized spacial score (nSPS) is 15.3. The predicted octanol–water partition coefficient (Wildman–Crippen LogP) is 5.57. The summed E-state index contributed by atoms with van der Waals surface area (Å²) in [5, 5.41) is 2.56. The highest BCUT2D eigenvalue weighted by Crippen LogP contribution is 2.34. The van der Waals surface area contributed by atoms with Crippen LogP contribution in [0.3, 0.4) is 0 Å². The Morgan fingerprint density at radius 2 is 1.58 bits per heavy atom. The van der Waals surface area contributed by atoms with Gasteiger partial charge in [-0.15, -0.1) is 0 Å². The lowest BCUT2D eigenvalue weighted by atomic mass is 10.2. The molecule has 0 spiro atoms. The second kappa shape index (κ2) is 9.35. The van der Waals surface area contributed by atoms with E-state index in [-0.39, 0.29) is 21.6 Å². The van der Waals surface area contributed by atoms with Gasteiger partial charge >= 0.3 is 12.2 Å². The Labute approximate surface area is 183 Å². The van der Waals surface area contributed by atoms with Crippen molar-refractivity contribution in [3.05, 3.63) is 53.1 Å². The number of alkyl halides is 3. The molecule has 1 aliphatic heterocycles. The van der Waals surface area contributed by atoms with Crippen LogP contribution >= 0.6 is 11.6 Å². The number of benzene rings is 2. The van der Waals surface area contributed by atoms with Crippen LogP contribution in [0.5, 0.6) is 0 Å². The summed E-state index contributed by atoms with van der Waals surface area (Å²) in [5.41, 5.74) is -0.999. The van der Waals surface area contributed by atoms with Crippen LogP contribution in [0.1, 0.15) is 31.2 Å². The van der Waals surface area contributed by atoms with Gasteiger partial charge in [0.2, 0.25) is 0 Å². The van der Waals surface area contributed by atoms with E-state index in [4.69, 9.17) is 11.6 Å². The zero-order chi connectivity index (χ0) is 22.6. The van der Waals surface area contributed by atoms with Crippen LogP contribution in [-0.2, 0) is 16.2 Å². The van der Waals surface area contributed by atoms with Crippen molar-refractivity contribution in [1.29, 1.82) is 0 Å². The number of anilines is 2. The number of hydrogen-bond acceptors (Lipinski definition) is 3. The number of halogens is 4. The summed E-state index contributed by atoms with van der Waals surface area (Å²) in [6, 6.07) is 7.45. The van der Waals surface area contributed by atoms with Gasteiger partial charge in [-0.2, -0.15) is 13.2 Å². The van der Waals surface area contributed by atoms with Crippen molar-refractivity contribution in [2.45, 2.75) is 36.8 Å². The van der Waals surface area contributed by atoms with Gasteiger partial charge in [0.25, 0.3) is 10.0 Å². The number of nitrogens with zero attached hydrogens (tertiary/aromatic N) is 1. The van der Waals surface area contributed by atoms with E-state index >= 15 is 0 Å². The van der Waals surface area contributed by atoms with Gasteiger partial charge in [-0.05, 0) is 55.3 Å². The number of carbonyl (C=O) groups is 1. The number of rotatable bonds is 4. The minimum atomic E-state index is -4.64. The van der Waals surface area contributed by atoms with E-state index in [2.05, 4.69) is 10.0 Å². The molecule has 0 saturated carbocycles. The molecule has 168 valence electrons. The summed E-state index contributed by atoms with van der Waals surface area (Å²) in [5.74, 6) is 0. The summed E-state index contributed by atoms with van der Waals surface area (Å²) in [6.45, 7) is 1.33. The standard InChI is InChI=1S/C20H21ClF3N3O3S/c21-17-10-5-14(20(22,23)24)13-18(17)26-31(29,30)16-8-6-15(7-9-16)25-19(28)27-11-3-1-2-4-12-27/h5-10,13,26H,1-4,11-12H2,(H,25,28). The monoisotopic (exact) mass is 475 g/mol. The molecule has 2 aromatic carbocycles. The van der Waals surface area contributed by atoms with Crippen LogP contribution < -0.4 is 10.0 Å².